The van der Waals surface area contributed by atoms with Gasteiger partial charge in [-0.15, -0.1) is 10.2 Å². The van der Waals surface area contributed by atoms with Gasteiger partial charge in [-0.05, 0) is 25.8 Å². The zero-order valence-electron chi connectivity index (χ0n) is 9.50. The molecule has 0 bridgehead atoms. The Morgan fingerprint density at radius 3 is 3.07 bits per heavy atom. The molecule has 0 aliphatic carbocycles. The molecule has 1 aliphatic heterocycles. The number of fused-ring (bicyclic) bond motifs is 1. The minimum absolute atomic E-state index is 0.862. The van der Waals surface area contributed by atoms with Crippen LogP contribution in [0.2, 0.25) is 0 Å². The van der Waals surface area contributed by atoms with Crippen molar-refractivity contribution in [2.24, 2.45) is 0 Å². The Balaban J connectivity index is 2.01. The summed E-state index contributed by atoms with van der Waals surface area (Å²) in [7, 11) is 0. The fourth-order valence-electron chi connectivity index (χ4n) is 2.05. The van der Waals surface area contributed by atoms with E-state index in [9.17, 15) is 0 Å². The third-order valence-corrected chi connectivity index (χ3v) is 2.90. The van der Waals surface area contributed by atoms with Crippen LogP contribution in [-0.2, 0) is 19.5 Å². The van der Waals surface area contributed by atoms with E-state index in [1.165, 1.54) is 31.5 Å². The Morgan fingerprint density at radius 2 is 2.20 bits per heavy atom. The van der Waals surface area contributed by atoms with Crippen molar-refractivity contribution in [3.8, 4) is 0 Å². The first-order valence-electron chi connectivity index (χ1n) is 6.03. The smallest absolute Gasteiger partial charge is 0.147 e. The molecule has 0 atom stereocenters. The average Bonchev–Trinajstić information content (AvgIpc) is 2.50. The van der Waals surface area contributed by atoms with Gasteiger partial charge in [0.15, 0.2) is 0 Å². The van der Waals surface area contributed by atoms with E-state index >= 15 is 0 Å². The Bertz CT molecular complexity index is 306. The van der Waals surface area contributed by atoms with Gasteiger partial charge in [-0.1, -0.05) is 13.3 Å². The minimum Gasteiger partial charge on any atom is -0.314 e. The first-order valence-corrected chi connectivity index (χ1v) is 6.03. The number of aryl methyl sites for hydroxylation is 1. The summed E-state index contributed by atoms with van der Waals surface area (Å²) in [5.41, 5.74) is 0. The Kier molecular flexibility index (Phi) is 3.72. The molecule has 1 aromatic heterocycles. The predicted molar refractivity (Wildman–Crippen MR) is 59.6 cm³/mol. The molecule has 0 radical (unpaired) electrons. The zero-order chi connectivity index (χ0) is 10.5. The molecule has 0 saturated heterocycles. The average molecular weight is 208 g/mol. The minimum atomic E-state index is 0.862. The summed E-state index contributed by atoms with van der Waals surface area (Å²) in [5.74, 6) is 2.29. The molecule has 84 valence electrons. The van der Waals surface area contributed by atoms with Gasteiger partial charge in [-0.2, -0.15) is 0 Å². The van der Waals surface area contributed by atoms with Crippen LogP contribution in [-0.4, -0.2) is 21.3 Å². The first-order chi connectivity index (χ1) is 7.42. The molecular formula is C11H20N4. The third-order valence-electron chi connectivity index (χ3n) is 2.90. The van der Waals surface area contributed by atoms with Crippen LogP contribution >= 0.6 is 0 Å². The lowest BCUT2D eigenvalue weighted by Crippen LogP contribution is -2.18. The Labute approximate surface area is 91.1 Å². The number of nitrogens with zero attached hydrogens (tertiary/aromatic N) is 3. The Hall–Kier alpha value is -0.900. The van der Waals surface area contributed by atoms with Crippen molar-refractivity contribution < 1.29 is 0 Å². The summed E-state index contributed by atoms with van der Waals surface area (Å²) < 4.78 is 2.30. The van der Waals surface area contributed by atoms with E-state index in [1.807, 2.05) is 0 Å². The van der Waals surface area contributed by atoms with Gasteiger partial charge < -0.3 is 9.88 Å². The molecular weight excluding hydrogens is 188 g/mol. The van der Waals surface area contributed by atoms with Crippen molar-refractivity contribution in [3.05, 3.63) is 11.6 Å². The number of hydrogen-bond donors (Lipinski definition) is 1. The van der Waals surface area contributed by atoms with Gasteiger partial charge in [0.25, 0.3) is 0 Å². The number of rotatable bonds is 4. The lowest BCUT2D eigenvalue weighted by Gasteiger charge is -2.07. The van der Waals surface area contributed by atoms with Crippen LogP contribution in [0, 0.1) is 0 Å². The van der Waals surface area contributed by atoms with Gasteiger partial charge in [0.05, 0.1) is 6.54 Å². The molecule has 1 N–H and O–H groups in total. The largest absolute Gasteiger partial charge is 0.314 e. The second kappa shape index (κ2) is 5.26. The fourth-order valence-corrected chi connectivity index (χ4v) is 2.05. The summed E-state index contributed by atoms with van der Waals surface area (Å²) in [5, 5.41) is 11.9. The van der Waals surface area contributed by atoms with Crippen LogP contribution in [0.5, 0.6) is 0 Å². The molecule has 15 heavy (non-hydrogen) atoms. The van der Waals surface area contributed by atoms with E-state index in [-0.39, 0.29) is 0 Å². The summed E-state index contributed by atoms with van der Waals surface area (Å²) in [6, 6.07) is 0. The van der Waals surface area contributed by atoms with Crippen molar-refractivity contribution >= 4 is 0 Å². The summed E-state index contributed by atoms with van der Waals surface area (Å²) >= 11 is 0. The maximum absolute atomic E-state index is 4.27. The van der Waals surface area contributed by atoms with E-state index < -0.39 is 0 Å². The lowest BCUT2D eigenvalue weighted by molar-refractivity contribution is 0.571. The highest BCUT2D eigenvalue weighted by atomic mass is 15.3. The van der Waals surface area contributed by atoms with Crippen molar-refractivity contribution in [2.45, 2.75) is 52.1 Å². The topological polar surface area (TPSA) is 42.7 Å². The summed E-state index contributed by atoms with van der Waals surface area (Å²) in [6.45, 7) is 5.20. The Morgan fingerprint density at radius 1 is 1.27 bits per heavy atom. The van der Waals surface area contributed by atoms with Crippen LogP contribution in [0.15, 0.2) is 0 Å². The molecule has 2 heterocycles. The molecule has 0 amide bonds. The quantitative estimate of drug-likeness (QED) is 0.763. The fraction of sp³-hybridized carbons (Fsp3) is 0.818. The number of nitrogens with one attached hydrogen (secondary N) is 1. The van der Waals surface area contributed by atoms with E-state index in [1.54, 1.807) is 0 Å². The van der Waals surface area contributed by atoms with Crippen molar-refractivity contribution in [1.29, 1.82) is 0 Å². The molecule has 0 spiro atoms. The standard InChI is InChI=1S/C11H20N4/c1-2-7-12-9-11-14-13-10-6-4-3-5-8-15(10)11/h12H,2-9H2,1H3. The van der Waals surface area contributed by atoms with Gasteiger partial charge in [0.2, 0.25) is 0 Å². The zero-order valence-corrected chi connectivity index (χ0v) is 9.50. The van der Waals surface area contributed by atoms with Crippen LogP contribution in [0.4, 0.5) is 0 Å². The monoisotopic (exact) mass is 208 g/mol. The van der Waals surface area contributed by atoms with Gasteiger partial charge >= 0.3 is 0 Å². The van der Waals surface area contributed by atoms with E-state index in [0.29, 0.717) is 0 Å². The number of hydrogen-bond acceptors (Lipinski definition) is 3. The van der Waals surface area contributed by atoms with E-state index in [0.717, 1.165) is 31.9 Å². The lowest BCUT2D eigenvalue weighted by atomic mass is 10.2. The highest BCUT2D eigenvalue weighted by Crippen LogP contribution is 2.14. The van der Waals surface area contributed by atoms with Crippen LogP contribution in [0.1, 0.15) is 44.3 Å². The molecule has 0 unspecified atom stereocenters. The SMILES string of the molecule is CCCNCc1nnc2n1CCCCC2. The molecule has 0 aromatic carbocycles. The van der Waals surface area contributed by atoms with E-state index in [4.69, 9.17) is 0 Å². The summed E-state index contributed by atoms with van der Waals surface area (Å²) in [4.78, 5) is 0. The second-order valence-corrected chi connectivity index (χ2v) is 4.17. The normalized spacial score (nSPS) is 16.1. The van der Waals surface area contributed by atoms with Gasteiger partial charge in [0.1, 0.15) is 11.6 Å². The van der Waals surface area contributed by atoms with Crippen molar-refractivity contribution in [1.82, 2.24) is 20.1 Å². The molecule has 0 fully saturated rings. The van der Waals surface area contributed by atoms with Crippen LogP contribution in [0.3, 0.4) is 0 Å². The maximum Gasteiger partial charge on any atom is 0.147 e. The van der Waals surface area contributed by atoms with Gasteiger partial charge in [-0.25, -0.2) is 0 Å². The van der Waals surface area contributed by atoms with Gasteiger partial charge in [-0.3, -0.25) is 0 Å². The molecule has 2 rings (SSSR count). The second-order valence-electron chi connectivity index (χ2n) is 4.17. The third kappa shape index (κ3) is 2.56. The summed E-state index contributed by atoms with van der Waals surface area (Å²) in [6.07, 6.45) is 6.12. The first kappa shape index (κ1) is 10.6. The van der Waals surface area contributed by atoms with E-state index in [2.05, 4.69) is 27.0 Å². The molecule has 4 nitrogen and oxygen atoms in total. The molecule has 0 saturated carbocycles. The highest BCUT2D eigenvalue weighted by Gasteiger charge is 2.13. The van der Waals surface area contributed by atoms with Crippen LogP contribution in [0.25, 0.3) is 0 Å². The predicted octanol–water partition coefficient (Wildman–Crippen LogP) is 1.50. The maximum atomic E-state index is 4.27. The van der Waals surface area contributed by atoms with Gasteiger partial charge in [0, 0.05) is 13.0 Å². The van der Waals surface area contributed by atoms with Crippen molar-refractivity contribution in [2.75, 3.05) is 6.54 Å². The molecule has 1 aromatic rings. The van der Waals surface area contributed by atoms with Crippen molar-refractivity contribution in [3.63, 3.8) is 0 Å². The molecule has 1 aliphatic rings. The van der Waals surface area contributed by atoms with Crippen LogP contribution < -0.4 is 5.32 Å². The molecule has 4 heteroatoms. The highest BCUT2D eigenvalue weighted by molar-refractivity contribution is 4.97. The number of aromatic nitrogens is 3.